The lowest BCUT2D eigenvalue weighted by Gasteiger charge is -2.27. The zero-order chi connectivity index (χ0) is 17.5. The van der Waals surface area contributed by atoms with Crippen LogP contribution in [-0.2, 0) is 25.7 Å². The van der Waals surface area contributed by atoms with Gasteiger partial charge in [0.05, 0.1) is 5.69 Å². The number of aromatic nitrogens is 2. The van der Waals surface area contributed by atoms with Crippen molar-refractivity contribution in [3.63, 3.8) is 0 Å². The Morgan fingerprint density at radius 3 is 2.67 bits per heavy atom. The molecule has 128 valence electrons. The first kappa shape index (κ1) is 16.3. The van der Waals surface area contributed by atoms with E-state index in [1.54, 1.807) is 11.1 Å². The number of hydrogen-bond acceptors (Lipinski definition) is 5. The number of aromatic hydroxyl groups is 2. The molecule has 6 nitrogen and oxygen atoms in total. The predicted molar refractivity (Wildman–Crippen MR) is 77.4 cm³/mol. The second-order valence-electron chi connectivity index (χ2n) is 5.62. The topological polar surface area (TPSA) is 89.5 Å². The third kappa shape index (κ3) is 3.21. The van der Waals surface area contributed by atoms with E-state index in [2.05, 4.69) is 4.98 Å². The van der Waals surface area contributed by atoms with Crippen LogP contribution in [0.5, 0.6) is 11.5 Å². The number of benzene rings is 1. The Morgan fingerprint density at radius 1 is 1.25 bits per heavy atom. The van der Waals surface area contributed by atoms with Crippen molar-refractivity contribution in [1.82, 2.24) is 14.9 Å². The van der Waals surface area contributed by atoms with Crippen LogP contribution in [0.15, 0.2) is 23.0 Å². The molecule has 0 bridgehead atoms. The van der Waals surface area contributed by atoms with Crippen molar-refractivity contribution in [3.05, 3.63) is 51.2 Å². The SMILES string of the molecule is O=c1[nH]c(C(F)(F)F)nc2c1CCN(Cc1ccc(O)c(O)c1)C2. The number of nitrogens with zero attached hydrogens (tertiary/aromatic N) is 2. The van der Waals surface area contributed by atoms with E-state index < -0.39 is 17.6 Å². The van der Waals surface area contributed by atoms with Gasteiger partial charge < -0.3 is 15.2 Å². The molecular formula is C15H14F3N3O3. The van der Waals surface area contributed by atoms with Gasteiger partial charge in [0.1, 0.15) is 0 Å². The Labute approximate surface area is 134 Å². The van der Waals surface area contributed by atoms with E-state index in [1.807, 2.05) is 4.90 Å². The molecule has 3 rings (SSSR count). The second-order valence-corrected chi connectivity index (χ2v) is 5.62. The Hall–Kier alpha value is -2.55. The molecule has 0 saturated carbocycles. The van der Waals surface area contributed by atoms with Gasteiger partial charge in [0.25, 0.3) is 5.56 Å². The summed E-state index contributed by atoms with van der Waals surface area (Å²) in [4.78, 5) is 19.0. The van der Waals surface area contributed by atoms with Gasteiger partial charge in [0.2, 0.25) is 5.82 Å². The molecule has 1 aliphatic rings. The highest BCUT2D eigenvalue weighted by molar-refractivity contribution is 5.40. The highest BCUT2D eigenvalue weighted by Gasteiger charge is 2.35. The van der Waals surface area contributed by atoms with E-state index in [0.29, 0.717) is 25.1 Å². The summed E-state index contributed by atoms with van der Waals surface area (Å²) in [7, 11) is 0. The van der Waals surface area contributed by atoms with Gasteiger partial charge in [0, 0.05) is 25.2 Å². The van der Waals surface area contributed by atoms with Gasteiger partial charge in [0.15, 0.2) is 11.5 Å². The quantitative estimate of drug-likeness (QED) is 0.724. The third-order valence-electron chi connectivity index (χ3n) is 3.87. The maximum atomic E-state index is 12.8. The van der Waals surface area contributed by atoms with Gasteiger partial charge in [-0.3, -0.25) is 9.69 Å². The smallest absolute Gasteiger partial charge is 0.449 e. The van der Waals surface area contributed by atoms with Crippen LogP contribution < -0.4 is 5.56 Å². The predicted octanol–water partition coefficient (Wildman–Crippen LogP) is 1.76. The normalized spacial score (nSPS) is 15.3. The Kier molecular flexibility index (Phi) is 3.96. The zero-order valence-corrected chi connectivity index (χ0v) is 12.4. The maximum absolute atomic E-state index is 12.8. The third-order valence-corrected chi connectivity index (χ3v) is 3.87. The number of hydrogen-bond donors (Lipinski definition) is 3. The minimum absolute atomic E-state index is 0.101. The van der Waals surface area contributed by atoms with Crippen molar-refractivity contribution >= 4 is 0 Å². The number of alkyl halides is 3. The molecule has 0 aliphatic carbocycles. The lowest BCUT2D eigenvalue weighted by atomic mass is 10.1. The molecule has 9 heteroatoms. The molecule has 0 fully saturated rings. The molecule has 0 atom stereocenters. The van der Waals surface area contributed by atoms with E-state index in [-0.39, 0.29) is 29.3 Å². The summed E-state index contributed by atoms with van der Waals surface area (Å²) in [6.07, 6.45) is -4.42. The largest absolute Gasteiger partial charge is 0.504 e. The van der Waals surface area contributed by atoms with E-state index in [1.165, 1.54) is 12.1 Å². The molecule has 0 radical (unpaired) electrons. The Morgan fingerprint density at radius 2 is 2.00 bits per heavy atom. The number of phenolic OH excluding ortho intramolecular Hbond substituents is 2. The van der Waals surface area contributed by atoms with E-state index in [9.17, 15) is 28.2 Å². The van der Waals surface area contributed by atoms with Crippen LogP contribution >= 0.6 is 0 Å². The fourth-order valence-corrected chi connectivity index (χ4v) is 2.69. The van der Waals surface area contributed by atoms with Gasteiger partial charge in [-0.25, -0.2) is 4.98 Å². The van der Waals surface area contributed by atoms with Crippen LogP contribution in [0, 0.1) is 0 Å². The van der Waals surface area contributed by atoms with Crippen molar-refractivity contribution < 1.29 is 23.4 Å². The van der Waals surface area contributed by atoms with Gasteiger partial charge >= 0.3 is 6.18 Å². The van der Waals surface area contributed by atoms with Gasteiger partial charge in [-0.2, -0.15) is 13.2 Å². The van der Waals surface area contributed by atoms with E-state index in [4.69, 9.17) is 0 Å². The number of aromatic amines is 1. The lowest BCUT2D eigenvalue weighted by Crippen LogP contribution is -2.36. The summed E-state index contributed by atoms with van der Waals surface area (Å²) < 4.78 is 38.3. The molecule has 1 aliphatic heterocycles. The first-order valence-electron chi connectivity index (χ1n) is 7.16. The minimum atomic E-state index is -4.71. The lowest BCUT2D eigenvalue weighted by molar-refractivity contribution is -0.145. The van der Waals surface area contributed by atoms with Crippen molar-refractivity contribution in [1.29, 1.82) is 0 Å². The molecule has 0 unspecified atom stereocenters. The molecule has 3 N–H and O–H groups in total. The van der Waals surface area contributed by atoms with Gasteiger partial charge in [-0.05, 0) is 24.1 Å². The van der Waals surface area contributed by atoms with Crippen LogP contribution in [-0.4, -0.2) is 31.6 Å². The molecule has 2 heterocycles. The number of phenols is 2. The zero-order valence-electron chi connectivity index (χ0n) is 12.4. The molecule has 0 amide bonds. The molecule has 2 aromatic rings. The number of rotatable bonds is 2. The molecule has 1 aromatic heterocycles. The Bertz CT molecular complexity index is 833. The van der Waals surface area contributed by atoms with E-state index >= 15 is 0 Å². The average molecular weight is 341 g/mol. The number of halogens is 3. The molecule has 1 aromatic carbocycles. The second kappa shape index (κ2) is 5.82. The van der Waals surface area contributed by atoms with Crippen LogP contribution in [0.1, 0.15) is 22.6 Å². The summed E-state index contributed by atoms with van der Waals surface area (Å²) in [5, 5.41) is 18.8. The minimum Gasteiger partial charge on any atom is -0.504 e. The van der Waals surface area contributed by atoms with Crippen molar-refractivity contribution in [3.8, 4) is 11.5 Å². The molecule has 0 spiro atoms. The first-order chi connectivity index (χ1) is 11.2. The fourth-order valence-electron chi connectivity index (χ4n) is 2.69. The van der Waals surface area contributed by atoms with Crippen molar-refractivity contribution in [2.24, 2.45) is 0 Å². The van der Waals surface area contributed by atoms with Crippen LogP contribution in [0.2, 0.25) is 0 Å². The van der Waals surface area contributed by atoms with Crippen LogP contribution in [0.25, 0.3) is 0 Å². The fraction of sp³-hybridized carbons (Fsp3) is 0.333. The summed E-state index contributed by atoms with van der Waals surface area (Å²) in [6, 6.07) is 4.33. The monoisotopic (exact) mass is 341 g/mol. The first-order valence-corrected chi connectivity index (χ1v) is 7.16. The van der Waals surface area contributed by atoms with E-state index in [0.717, 1.165) is 0 Å². The highest BCUT2D eigenvalue weighted by atomic mass is 19.4. The van der Waals surface area contributed by atoms with Gasteiger partial charge in [-0.15, -0.1) is 0 Å². The molecular weight excluding hydrogens is 327 g/mol. The Balaban J connectivity index is 1.84. The summed E-state index contributed by atoms with van der Waals surface area (Å²) in [5.41, 5.74) is 0.317. The molecule has 0 saturated heterocycles. The van der Waals surface area contributed by atoms with Crippen LogP contribution in [0.3, 0.4) is 0 Å². The summed E-state index contributed by atoms with van der Waals surface area (Å²) in [5.74, 6) is -1.81. The summed E-state index contributed by atoms with van der Waals surface area (Å²) >= 11 is 0. The van der Waals surface area contributed by atoms with Crippen molar-refractivity contribution in [2.45, 2.75) is 25.7 Å². The molecule has 24 heavy (non-hydrogen) atoms. The van der Waals surface area contributed by atoms with Crippen molar-refractivity contribution in [2.75, 3.05) is 6.54 Å². The number of fused-ring (bicyclic) bond motifs is 1. The van der Waals surface area contributed by atoms with Crippen LogP contribution in [0.4, 0.5) is 13.2 Å². The highest BCUT2D eigenvalue weighted by Crippen LogP contribution is 2.28. The maximum Gasteiger partial charge on any atom is 0.449 e. The number of nitrogens with one attached hydrogen (secondary N) is 1. The summed E-state index contributed by atoms with van der Waals surface area (Å²) in [6.45, 7) is 0.928. The standard InChI is InChI=1S/C15H14F3N3O3/c16-15(17,18)14-19-10-7-21(4-3-9(10)13(24)20-14)6-8-1-2-11(22)12(23)5-8/h1-2,5,22-23H,3-4,6-7H2,(H,19,20,24). The number of H-pyrrole nitrogens is 1. The van der Waals surface area contributed by atoms with Gasteiger partial charge in [-0.1, -0.05) is 6.07 Å². The average Bonchev–Trinajstić information content (AvgIpc) is 2.50.